The Labute approximate surface area is 122 Å². The molecule has 0 spiro atoms. The molecule has 2 atom stereocenters. The standard InChI is InChI=1S/C18H27NO/c1-18(2)10-9-17(15-7-3-4-8-16(15)18)19-12-14-6-5-11-20-13-14/h3-4,7-8,14,17,19H,5-6,9-13H2,1-2H3. The van der Waals surface area contributed by atoms with Crippen molar-refractivity contribution in [2.24, 2.45) is 5.92 Å². The molecule has 2 aliphatic rings. The zero-order chi connectivity index (χ0) is 14.0. The van der Waals surface area contributed by atoms with E-state index in [1.165, 1.54) is 36.8 Å². The van der Waals surface area contributed by atoms with Gasteiger partial charge in [-0.2, -0.15) is 0 Å². The van der Waals surface area contributed by atoms with Gasteiger partial charge in [-0.15, -0.1) is 0 Å². The number of rotatable bonds is 3. The summed E-state index contributed by atoms with van der Waals surface area (Å²) in [5, 5.41) is 3.81. The third-order valence-electron chi connectivity index (χ3n) is 5.03. The van der Waals surface area contributed by atoms with Crippen molar-refractivity contribution in [2.45, 2.75) is 51.0 Å². The predicted molar refractivity (Wildman–Crippen MR) is 83.0 cm³/mol. The van der Waals surface area contributed by atoms with Crippen LogP contribution in [0.25, 0.3) is 0 Å². The molecule has 1 heterocycles. The van der Waals surface area contributed by atoms with Crippen LogP contribution in [0, 0.1) is 5.92 Å². The quantitative estimate of drug-likeness (QED) is 0.904. The van der Waals surface area contributed by atoms with Crippen LogP contribution < -0.4 is 5.32 Å². The van der Waals surface area contributed by atoms with Gasteiger partial charge in [0.2, 0.25) is 0 Å². The van der Waals surface area contributed by atoms with Crippen LogP contribution in [0.4, 0.5) is 0 Å². The number of nitrogens with one attached hydrogen (secondary N) is 1. The van der Waals surface area contributed by atoms with Crippen molar-refractivity contribution in [3.05, 3.63) is 35.4 Å². The van der Waals surface area contributed by atoms with Gasteiger partial charge in [-0.3, -0.25) is 0 Å². The molecule has 2 nitrogen and oxygen atoms in total. The fourth-order valence-electron chi connectivity index (χ4n) is 3.70. The van der Waals surface area contributed by atoms with E-state index < -0.39 is 0 Å². The summed E-state index contributed by atoms with van der Waals surface area (Å²) in [6, 6.07) is 9.51. The van der Waals surface area contributed by atoms with E-state index in [0.29, 0.717) is 17.4 Å². The topological polar surface area (TPSA) is 21.3 Å². The largest absolute Gasteiger partial charge is 0.381 e. The highest BCUT2D eigenvalue weighted by molar-refractivity contribution is 5.38. The van der Waals surface area contributed by atoms with Gasteiger partial charge in [0.05, 0.1) is 6.61 Å². The molecular formula is C18H27NO. The molecule has 1 saturated heterocycles. The molecular weight excluding hydrogens is 246 g/mol. The lowest BCUT2D eigenvalue weighted by molar-refractivity contribution is 0.0534. The average molecular weight is 273 g/mol. The van der Waals surface area contributed by atoms with Crippen LogP contribution >= 0.6 is 0 Å². The van der Waals surface area contributed by atoms with Gasteiger partial charge in [0.15, 0.2) is 0 Å². The molecule has 0 bridgehead atoms. The third kappa shape index (κ3) is 2.91. The molecule has 0 radical (unpaired) electrons. The Morgan fingerprint density at radius 1 is 1.25 bits per heavy atom. The molecule has 1 aliphatic heterocycles. The molecule has 1 N–H and O–H groups in total. The smallest absolute Gasteiger partial charge is 0.0506 e. The second kappa shape index (κ2) is 5.87. The summed E-state index contributed by atoms with van der Waals surface area (Å²) in [6.07, 6.45) is 5.05. The fourth-order valence-corrected chi connectivity index (χ4v) is 3.70. The van der Waals surface area contributed by atoms with Crippen LogP contribution in [0.2, 0.25) is 0 Å². The van der Waals surface area contributed by atoms with Gasteiger partial charge in [-0.05, 0) is 48.1 Å². The van der Waals surface area contributed by atoms with Crippen molar-refractivity contribution in [1.82, 2.24) is 5.32 Å². The Hall–Kier alpha value is -0.860. The van der Waals surface area contributed by atoms with Gasteiger partial charge in [-0.25, -0.2) is 0 Å². The predicted octanol–water partition coefficient (Wildman–Crippen LogP) is 3.82. The van der Waals surface area contributed by atoms with Crippen LogP contribution in [0.3, 0.4) is 0 Å². The molecule has 2 heteroatoms. The van der Waals surface area contributed by atoms with Crippen molar-refractivity contribution >= 4 is 0 Å². The summed E-state index contributed by atoms with van der Waals surface area (Å²) >= 11 is 0. The highest BCUT2D eigenvalue weighted by atomic mass is 16.5. The molecule has 0 amide bonds. The lowest BCUT2D eigenvalue weighted by Gasteiger charge is -2.38. The summed E-state index contributed by atoms with van der Waals surface area (Å²) in [5.41, 5.74) is 3.37. The summed E-state index contributed by atoms with van der Waals surface area (Å²) in [4.78, 5) is 0. The van der Waals surface area contributed by atoms with Gasteiger partial charge in [-0.1, -0.05) is 38.1 Å². The Morgan fingerprint density at radius 3 is 2.90 bits per heavy atom. The van der Waals surface area contributed by atoms with E-state index in [9.17, 15) is 0 Å². The van der Waals surface area contributed by atoms with E-state index >= 15 is 0 Å². The maximum atomic E-state index is 5.58. The van der Waals surface area contributed by atoms with E-state index in [2.05, 4.69) is 43.4 Å². The van der Waals surface area contributed by atoms with Gasteiger partial charge in [0.25, 0.3) is 0 Å². The summed E-state index contributed by atoms with van der Waals surface area (Å²) < 4.78 is 5.58. The average Bonchev–Trinajstić information content (AvgIpc) is 2.48. The maximum absolute atomic E-state index is 5.58. The first kappa shape index (κ1) is 14.1. The summed E-state index contributed by atoms with van der Waals surface area (Å²) in [5.74, 6) is 0.700. The van der Waals surface area contributed by atoms with Crippen molar-refractivity contribution in [3.63, 3.8) is 0 Å². The minimum atomic E-state index is 0.322. The summed E-state index contributed by atoms with van der Waals surface area (Å²) in [6.45, 7) is 7.73. The SMILES string of the molecule is CC1(C)CCC(NCC2CCCOC2)c2ccccc21. The lowest BCUT2D eigenvalue weighted by Crippen LogP contribution is -2.36. The van der Waals surface area contributed by atoms with E-state index in [4.69, 9.17) is 4.74 Å². The number of fused-ring (bicyclic) bond motifs is 1. The Kier molecular flexibility index (Phi) is 4.13. The van der Waals surface area contributed by atoms with E-state index in [-0.39, 0.29) is 0 Å². The van der Waals surface area contributed by atoms with Crippen molar-refractivity contribution in [3.8, 4) is 0 Å². The highest BCUT2D eigenvalue weighted by Crippen LogP contribution is 2.41. The first-order valence-corrected chi connectivity index (χ1v) is 8.07. The molecule has 1 aromatic rings. The third-order valence-corrected chi connectivity index (χ3v) is 5.03. The lowest BCUT2D eigenvalue weighted by atomic mass is 9.71. The van der Waals surface area contributed by atoms with Crippen LogP contribution in [-0.4, -0.2) is 19.8 Å². The molecule has 20 heavy (non-hydrogen) atoms. The molecule has 0 aromatic heterocycles. The normalized spacial score (nSPS) is 28.9. The Bertz CT molecular complexity index is 448. The van der Waals surface area contributed by atoms with Crippen LogP contribution in [0.1, 0.15) is 56.7 Å². The molecule has 1 fully saturated rings. The van der Waals surface area contributed by atoms with Gasteiger partial charge < -0.3 is 10.1 Å². The number of hydrogen-bond donors (Lipinski definition) is 1. The Morgan fingerprint density at radius 2 is 2.10 bits per heavy atom. The van der Waals surface area contributed by atoms with Crippen LogP contribution in [0.5, 0.6) is 0 Å². The minimum Gasteiger partial charge on any atom is -0.381 e. The maximum Gasteiger partial charge on any atom is 0.0506 e. The zero-order valence-electron chi connectivity index (χ0n) is 12.8. The highest BCUT2D eigenvalue weighted by Gasteiger charge is 2.32. The number of hydrogen-bond acceptors (Lipinski definition) is 2. The van der Waals surface area contributed by atoms with Gasteiger partial charge >= 0.3 is 0 Å². The molecule has 0 saturated carbocycles. The van der Waals surface area contributed by atoms with Gasteiger partial charge in [0.1, 0.15) is 0 Å². The minimum absolute atomic E-state index is 0.322. The summed E-state index contributed by atoms with van der Waals surface area (Å²) in [7, 11) is 0. The monoisotopic (exact) mass is 273 g/mol. The molecule has 1 aliphatic carbocycles. The van der Waals surface area contributed by atoms with Gasteiger partial charge in [0, 0.05) is 19.2 Å². The number of benzene rings is 1. The van der Waals surface area contributed by atoms with Crippen molar-refractivity contribution in [2.75, 3.05) is 19.8 Å². The molecule has 1 aromatic carbocycles. The second-order valence-corrected chi connectivity index (χ2v) is 7.05. The van der Waals surface area contributed by atoms with Crippen LogP contribution in [0.15, 0.2) is 24.3 Å². The van der Waals surface area contributed by atoms with Crippen LogP contribution in [-0.2, 0) is 10.2 Å². The second-order valence-electron chi connectivity index (χ2n) is 7.05. The van der Waals surface area contributed by atoms with E-state index in [1.54, 1.807) is 0 Å². The first-order chi connectivity index (χ1) is 9.67. The number of ether oxygens (including phenoxy) is 1. The van der Waals surface area contributed by atoms with Crippen molar-refractivity contribution < 1.29 is 4.74 Å². The molecule has 3 rings (SSSR count). The van der Waals surface area contributed by atoms with Crippen molar-refractivity contribution in [1.29, 1.82) is 0 Å². The van der Waals surface area contributed by atoms with E-state index in [0.717, 1.165) is 19.8 Å². The zero-order valence-corrected chi connectivity index (χ0v) is 12.8. The molecule has 2 unspecified atom stereocenters. The first-order valence-electron chi connectivity index (χ1n) is 8.07. The Balaban J connectivity index is 1.68. The molecule has 110 valence electrons. The fraction of sp³-hybridized carbons (Fsp3) is 0.667. The van der Waals surface area contributed by atoms with E-state index in [1.807, 2.05) is 0 Å².